The molecule has 0 aromatic heterocycles. The molecule has 1 amide bonds. The van der Waals surface area contributed by atoms with Gasteiger partial charge in [-0.2, -0.15) is 0 Å². The standard InChI is InChI=1S/C16H24FN3O/c1-20(11-15-4-2-3-9-18-15)12-16(21)19-10-13-5-7-14(17)8-6-13/h5-8,15,18H,2-4,9-12H2,1H3,(H,19,21). The molecule has 1 unspecified atom stereocenters. The molecule has 21 heavy (non-hydrogen) atoms. The summed E-state index contributed by atoms with van der Waals surface area (Å²) in [6, 6.07) is 6.68. The Morgan fingerprint density at radius 1 is 1.38 bits per heavy atom. The minimum atomic E-state index is -0.259. The van der Waals surface area contributed by atoms with E-state index in [1.54, 1.807) is 12.1 Å². The van der Waals surface area contributed by atoms with Gasteiger partial charge in [0, 0.05) is 19.1 Å². The molecule has 0 saturated carbocycles. The van der Waals surface area contributed by atoms with Gasteiger partial charge in [-0.25, -0.2) is 4.39 Å². The summed E-state index contributed by atoms with van der Waals surface area (Å²) in [5, 5.41) is 6.34. The van der Waals surface area contributed by atoms with Crippen molar-refractivity contribution in [1.82, 2.24) is 15.5 Å². The second-order valence-electron chi connectivity index (χ2n) is 5.75. The molecule has 2 N–H and O–H groups in total. The molecule has 0 spiro atoms. The van der Waals surface area contributed by atoms with Crippen molar-refractivity contribution >= 4 is 5.91 Å². The van der Waals surface area contributed by atoms with Crippen molar-refractivity contribution in [3.05, 3.63) is 35.6 Å². The molecule has 1 aromatic carbocycles. The molecule has 2 rings (SSSR count). The number of piperidine rings is 1. The molecule has 1 fully saturated rings. The van der Waals surface area contributed by atoms with E-state index in [1.807, 2.05) is 11.9 Å². The van der Waals surface area contributed by atoms with Crippen molar-refractivity contribution in [2.24, 2.45) is 0 Å². The molecule has 0 radical (unpaired) electrons. The summed E-state index contributed by atoms with van der Waals surface area (Å²) < 4.78 is 12.8. The van der Waals surface area contributed by atoms with Crippen molar-refractivity contribution in [2.75, 3.05) is 26.7 Å². The third-order valence-corrected chi connectivity index (χ3v) is 3.76. The first-order valence-corrected chi connectivity index (χ1v) is 7.56. The van der Waals surface area contributed by atoms with Crippen LogP contribution in [0, 0.1) is 5.82 Å². The number of hydrogen-bond donors (Lipinski definition) is 2. The van der Waals surface area contributed by atoms with E-state index < -0.39 is 0 Å². The van der Waals surface area contributed by atoms with Gasteiger partial charge in [-0.15, -0.1) is 0 Å². The molecule has 1 saturated heterocycles. The van der Waals surface area contributed by atoms with E-state index in [4.69, 9.17) is 0 Å². The maximum absolute atomic E-state index is 12.8. The molecule has 1 heterocycles. The number of nitrogens with zero attached hydrogens (tertiary/aromatic N) is 1. The van der Waals surface area contributed by atoms with Gasteiger partial charge in [0.05, 0.1) is 6.54 Å². The van der Waals surface area contributed by atoms with Crippen LogP contribution in [0.3, 0.4) is 0 Å². The summed E-state index contributed by atoms with van der Waals surface area (Å²) >= 11 is 0. The van der Waals surface area contributed by atoms with Gasteiger partial charge >= 0.3 is 0 Å². The fraction of sp³-hybridized carbons (Fsp3) is 0.562. The summed E-state index contributed by atoms with van der Waals surface area (Å²) in [6.45, 7) is 2.80. The van der Waals surface area contributed by atoms with Crippen molar-refractivity contribution in [3.8, 4) is 0 Å². The fourth-order valence-electron chi connectivity index (χ4n) is 2.62. The first kappa shape index (κ1) is 15.9. The first-order chi connectivity index (χ1) is 10.1. The van der Waals surface area contributed by atoms with Gasteiger partial charge in [0.1, 0.15) is 5.82 Å². The Bertz CT molecular complexity index is 443. The highest BCUT2D eigenvalue weighted by Crippen LogP contribution is 2.07. The lowest BCUT2D eigenvalue weighted by molar-refractivity contribution is -0.122. The molecule has 1 aliphatic rings. The number of hydrogen-bond acceptors (Lipinski definition) is 3. The van der Waals surface area contributed by atoms with Gasteiger partial charge in [-0.1, -0.05) is 18.6 Å². The summed E-state index contributed by atoms with van der Waals surface area (Å²) in [6.07, 6.45) is 3.70. The summed E-state index contributed by atoms with van der Waals surface area (Å²) in [7, 11) is 1.97. The van der Waals surface area contributed by atoms with E-state index in [2.05, 4.69) is 10.6 Å². The molecule has 1 atom stereocenters. The predicted molar refractivity (Wildman–Crippen MR) is 81.4 cm³/mol. The summed E-state index contributed by atoms with van der Waals surface area (Å²) in [5.74, 6) is -0.262. The lowest BCUT2D eigenvalue weighted by atomic mass is 10.0. The molecule has 116 valence electrons. The molecule has 5 heteroatoms. The lowest BCUT2D eigenvalue weighted by Crippen LogP contribution is -2.45. The van der Waals surface area contributed by atoms with Crippen LogP contribution in [0.5, 0.6) is 0 Å². The minimum Gasteiger partial charge on any atom is -0.351 e. The van der Waals surface area contributed by atoms with Crippen LogP contribution in [0.1, 0.15) is 24.8 Å². The van der Waals surface area contributed by atoms with Crippen LogP contribution in [-0.2, 0) is 11.3 Å². The van der Waals surface area contributed by atoms with Crippen LogP contribution in [0.25, 0.3) is 0 Å². The predicted octanol–water partition coefficient (Wildman–Crippen LogP) is 1.52. The van der Waals surface area contributed by atoms with E-state index >= 15 is 0 Å². The Hall–Kier alpha value is -1.46. The average molecular weight is 293 g/mol. The van der Waals surface area contributed by atoms with E-state index in [1.165, 1.54) is 31.4 Å². The maximum Gasteiger partial charge on any atom is 0.234 e. The fourth-order valence-corrected chi connectivity index (χ4v) is 2.62. The van der Waals surface area contributed by atoms with E-state index in [0.717, 1.165) is 18.7 Å². The zero-order chi connectivity index (χ0) is 15.1. The van der Waals surface area contributed by atoms with Crippen molar-refractivity contribution < 1.29 is 9.18 Å². The molecular formula is C16H24FN3O. The third kappa shape index (κ3) is 5.81. The Kier molecular flexibility index (Phi) is 6.14. The van der Waals surface area contributed by atoms with Gasteiger partial charge < -0.3 is 10.6 Å². The Balaban J connectivity index is 1.67. The summed E-state index contributed by atoms with van der Waals surface area (Å²) in [5.41, 5.74) is 0.904. The lowest BCUT2D eigenvalue weighted by Gasteiger charge is -2.27. The van der Waals surface area contributed by atoms with Gasteiger partial charge in [0.15, 0.2) is 0 Å². The quantitative estimate of drug-likeness (QED) is 0.836. The number of carbonyl (C=O) groups is 1. The second kappa shape index (κ2) is 8.10. The molecule has 1 aromatic rings. The Morgan fingerprint density at radius 3 is 2.81 bits per heavy atom. The van der Waals surface area contributed by atoms with Crippen LogP contribution in [-0.4, -0.2) is 43.5 Å². The zero-order valence-electron chi connectivity index (χ0n) is 12.6. The number of nitrogens with one attached hydrogen (secondary N) is 2. The van der Waals surface area contributed by atoms with Crippen LogP contribution in [0.4, 0.5) is 4.39 Å². The Morgan fingerprint density at radius 2 is 2.14 bits per heavy atom. The first-order valence-electron chi connectivity index (χ1n) is 7.56. The molecule has 0 aliphatic carbocycles. The van der Waals surface area contributed by atoms with Crippen LogP contribution in [0.2, 0.25) is 0 Å². The van der Waals surface area contributed by atoms with Gasteiger partial charge in [0.2, 0.25) is 5.91 Å². The maximum atomic E-state index is 12.8. The van der Waals surface area contributed by atoms with Crippen LogP contribution in [0.15, 0.2) is 24.3 Å². The smallest absolute Gasteiger partial charge is 0.234 e. The van der Waals surface area contributed by atoms with Crippen molar-refractivity contribution in [1.29, 1.82) is 0 Å². The largest absolute Gasteiger partial charge is 0.351 e. The molecule has 4 nitrogen and oxygen atoms in total. The number of carbonyl (C=O) groups excluding carboxylic acids is 1. The highest BCUT2D eigenvalue weighted by atomic mass is 19.1. The SMILES string of the molecule is CN(CC(=O)NCc1ccc(F)cc1)CC1CCCCN1. The number of benzene rings is 1. The van der Waals surface area contributed by atoms with Crippen molar-refractivity contribution in [3.63, 3.8) is 0 Å². The average Bonchev–Trinajstić information content (AvgIpc) is 2.47. The second-order valence-corrected chi connectivity index (χ2v) is 5.75. The third-order valence-electron chi connectivity index (χ3n) is 3.76. The molecule has 1 aliphatic heterocycles. The van der Waals surface area contributed by atoms with Crippen LogP contribution >= 0.6 is 0 Å². The van der Waals surface area contributed by atoms with Gasteiger partial charge in [-0.05, 0) is 44.1 Å². The molecular weight excluding hydrogens is 269 g/mol. The Labute approximate surface area is 125 Å². The highest BCUT2D eigenvalue weighted by Gasteiger charge is 2.15. The van der Waals surface area contributed by atoms with Gasteiger partial charge in [-0.3, -0.25) is 9.69 Å². The number of halogens is 1. The van der Waals surface area contributed by atoms with Gasteiger partial charge in [0.25, 0.3) is 0 Å². The molecule has 0 bridgehead atoms. The minimum absolute atomic E-state index is 0.00219. The zero-order valence-corrected chi connectivity index (χ0v) is 12.6. The van der Waals surface area contributed by atoms with E-state index in [0.29, 0.717) is 19.1 Å². The monoisotopic (exact) mass is 293 g/mol. The number of amides is 1. The summed E-state index contributed by atoms with van der Waals surface area (Å²) in [4.78, 5) is 13.9. The number of likely N-dealkylation sites (N-methyl/N-ethyl adjacent to an activating group) is 1. The van der Waals surface area contributed by atoms with E-state index in [9.17, 15) is 9.18 Å². The number of rotatable bonds is 6. The highest BCUT2D eigenvalue weighted by molar-refractivity contribution is 5.77. The van der Waals surface area contributed by atoms with Crippen molar-refractivity contribution in [2.45, 2.75) is 31.8 Å². The normalized spacial score (nSPS) is 18.7. The van der Waals surface area contributed by atoms with Crippen LogP contribution < -0.4 is 10.6 Å². The topological polar surface area (TPSA) is 44.4 Å². The van der Waals surface area contributed by atoms with E-state index in [-0.39, 0.29) is 11.7 Å².